The second kappa shape index (κ2) is 25.3. The summed E-state index contributed by atoms with van der Waals surface area (Å²) in [5.41, 5.74) is 46.0. The average molecular weight is 1220 g/mol. The van der Waals surface area contributed by atoms with Gasteiger partial charge < -0.3 is 29.9 Å². The molecule has 6 aliphatic rings. The van der Waals surface area contributed by atoms with Gasteiger partial charge in [-0.1, -0.05) is 27.7 Å². The van der Waals surface area contributed by atoms with E-state index in [2.05, 4.69) is 240 Å². The van der Waals surface area contributed by atoms with Crippen molar-refractivity contribution in [2.75, 3.05) is 0 Å². The monoisotopic (exact) mass is 1220 g/mol. The molecule has 0 atom stereocenters. The van der Waals surface area contributed by atoms with Crippen molar-refractivity contribution >= 4 is 70.7 Å². The highest BCUT2D eigenvalue weighted by atomic mass is 14.9. The molecule has 0 unspecified atom stereocenters. The van der Waals surface area contributed by atoms with E-state index in [-0.39, 0.29) is 0 Å². The van der Waals surface area contributed by atoms with Crippen LogP contribution in [0.15, 0.2) is 180 Å². The van der Waals surface area contributed by atoms with Crippen LogP contribution in [-0.4, -0.2) is 64.2 Å². The standard InChI is InChI=1S/C80H90N12/c1-19-61-49(13)75(89-77(61)35-57-25-23-55(83-57)31-67-43(7)41(5)53(17)81-67)39-79-63(21-3)51(15)73(91-79)37-71-47(11)45(9)69(87-71)33-59-27-29-65(85-59)66-30-28-60(86-66)34-70-46(10)48(12)72(88-70)38-74-52(16)64(22-4)80(92-74)40-76-50(14)62(20-2)78(90-76)36-58-26-24-56(84-58)32-68-44(8)42(6)54(18)82-68/h23-34,39-40,83-86,89-90H,19-22,35-38H2,1-18H3/b67-31-,68-32+,69-33+,70-34+,79-39-,80-40-. The third-order valence-corrected chi connectivity index (χ3v) is 20.5. The van der Waals surface area contributed by atoms with Crippen LogP contribution in [0.25, 0.3) is 47.8 Å². The van der Waals surface area contributed by atoms with Crippen molar-refractivity contribution in [3.05, 3.63) is 229 Å². The number of hydrogen-bond donors (Lipinski definition) is 6. The Labute approximate surface area is 543 Å². The van der Waals surface area contributed by atoms with Crippen molar-refractivity contribution in [1.29, 1.82) is 0 Å². The maximum Gasteiger partial charge on any atom is 0.0689 e. The van der Waals surface area contributed by atoms with E-state index in [4.69, 9.17) is 30.0 Å². The third-order valence-electron chi connectivity index (χ3n) is 20.5. The van der Waals surface area contributed by atoms with Crippen LogP contribution >= 0.6 is 0 Å². The van der Waals surface area contributed by atoms with Crippen molar-refractivity contribution in [3.8, 4) is 11.4 Å². The predicted octanol–water partition coefficient (Wildman–Crippen LogP) is 20.0. The zero-order chi connectivity index (χ0) is 65.1. The topological polar surface area (TPSA) is 169 Å². The Hall–Kier alpha value is -9.42. The summed E-state index contributed by atoms with van der Waals surface area (Å²) in [6, 6.07) is 17.2. The highest BCUT2D eigenvalue weighted by Gasteiger charge is 2.28. The van der Waals surface area contributed by atoms with Gasteiger partial charge in [-0.3, -0.25) is 30.0 Å². The molecule has 470 valence electrons. The lowest BCUT2D eigenvalue weighted by Gasteiger charge is -2.05. The Kier molecular flexibility index (Phi) is 17.3. The summed E-state index contributed by atoms with van der Waals surface area (Å²) in [6.45, 7) is 39.4. The molecule has 6 aliphatic heterocycles. The highest BCUT2D eigenvalue weighted by molar-refractivity contribution is 6.22. The Balaban J connectivity index is 0.708. The molecule has 6 aromatic rings. The number of aromatic nitrogens is 6. The molecule has 0 aliphatic carbocycles. The molecule has 0 aromatic carbocycles. The molecular weight excluding hydrogens is 1130 g/mol. The number of H-pyrrole nitrogens is 6. The quantitative estimate of drug-likeness (QED) is 0.0455. The minimum atomic E-state index is 0.675. The van der Waals surface area contributed by atoms with Crippen LogP contribution in [-0.2, 0) is 25.7 Å². The van der Waals surface area contributed by atoms with Crippen molar-refractivity contribution in [2.45, 2.75) is 176 Å². The number of aliphatic imine (C=N–C) groups is 6. The molecule has 0 fully saturated rings. The van der Waals surface area contributed by atoms with Gasteiger partial charge in [-0.25, -0.2) is 0 Å². The number of allylic oxidation sites excluding steroid dienone is 12. The van der Waals surface area contributed by atoms with Gasteiger partial charge in [-0.2, -0.15) is 0 Å². The number of nitrogens with one attached hydrogen (secondary N) is 6. The number of aromatic amines is 6. The van der Waals surface area contributed by atoms with Gasteiger partial charge in [-0.05, 0) is 297 Å². The first kappa shape index (κ1) is 62.8. The largest absolute Gasteiger partial charge is 0.359 e. The molecule has 12 heteroatoms. The summed E-state index contributed by atoms with van der Waals surface area (Å²) in [5, 5.41) is 0. The Morgan fingerprint density at radius 3 is 0.967 bits per heavy atom. The summed E-state index contributed by atoms with van der Waals surface area (Å²) in [5.74, 6) is 0. The van der Waals surface area contributed by atoms with Gasteiger partial charge in [0.15, 0.2) is 0 Å². The predicted molar refractivity (Wildman–Crippen MR) is 390 cm³/mol. The summed E-state index contributed by atoms with van der Waals surface area (Å²) < 4.78 is 0. The molecule has 12 rings (SSSR count). The molecule has 0 amide bonds. The van der Waals surface area contributed by atoms with E-state index in [1.54, 1.807) is 0 Å². The minimum Gasteiger partial charge on any atom is -0.359 e. The van der Waals surface area contributed by atoms with E-state index >= 15 is 0 Å². The Morgan fingerprint density at radius 2 is 0.620 bits per heavy atom. The lowest BCUT2D eigenvalue weighted by Crippen LogP contribution is -2.07. The molecular formula is C80H90N12. The van der Waals surface area contributed by atoms with Crippen LogP contribution in [0, 0.1) is 13.8 Å². The molecule has 0 saturated carbocycles. The maximum atomic E-state index is 5.36. The molecule has 0 radical (unpaired) electrons. The van der Waals surface area contributed by atoms with Gasteiger partial charge in [0.2, 0.25) is 0 Å². The van der Waals surface area contributed by atoms with Gasteiger partial charge in [-0.15, -0.1) is 0 Å². The van der Waals surface area contributed by atoms with Crippen molar-refractivity contribution in [3.63, 3.8) is 0 Å². The van der Waals surface area contributed by atoms with Crippen LogP contribution in [0.1, 0.15) is 216 Å². The second-order valence-corrected chi connectivity index (χ2v) is 25.9. The normalized spacial score (nSPS) is 19.8. The molecule has 92 heavy (non-hydrogen) atoms. The van der Waals surface area contributed by atoms with Gasteiger partial charge >= 0.3 is 0 Å². The van der Waals surface area contributed by atoms with Crippen molar-refractivity contribution < 1.29 is 0 Å². The van der Waals surface area contributed by atoms with Crippen LogP contribution < -0.4 is 0 Å². The maximum absolute atomic E-state index is 5.36. The molecule has 6 aromatic heterocycles. The number of nitrogens with zero attached hydrogens (tertiary/aromatic N) is 6. The first-order valence-electron chi connectivity index (χ1n) is 33.1. The smallest absolute Gasteiger partial charge is 0.0689 e. The molecule has 12 heterocycles. The Bertz CT molecular complexity index is 4420. The van der Waals surface area contributed by atoms with E-state index in [9.17, 15) is 0 Å². The second-order valence-electron chi connectivity index (χ2n) is 25.9. The van der Waals surface area contributed by atoms with Crippen LogP contribution in [0.5, 0.6) is 0 Å². The minimum absolute atomic E-state index is 0.675. The van der Waals surface area contributed by atoms with E-state index in [0.29, 0.717) is 12.8 Å². The Morgan fingerprint density at radius 1 is 0.293 bits per heavy atom. The molecule has 6 N–H and O–H groups in total. The number of hydrogen-bond acceptors (Lipinski definition) is 6. The van der Waals surface area contributed by atoms with Gasteiger partial charge in [0, 0.05) is 94.0 Å². The van der Waals surface area contributed by atoms with Crippen LogP contribution in [0.4, 0.5) is 0 Å². The SMILES string of the molecule is CCC1=C(C)C(CC2=N/C(=C/c3ccc(-c4ccc(/C=C5/N=C(CC6=N/C(=C\c7[nH]c(Cc8ccc(/C=C9/N=C(C)C(C)=C9C)[nH]8)c(CC)c7C)C(CC)=C6C)C(C)=C5C)[nH]4)[nH]3)C(C)=C2C)=N/C1=C\c1[nH]c(Cc2ccc(/C=C3\N=C(C)C(C)=C3C)[nH]2)c(CC)c1C. The summed E-state index contributed by atoms with van der Waals surface area (Å²) in [4.78, 5) is 53.2. The van der Waals surface area contributed by atoms with E-state index < -0.39 is 0 Å². The fourth-order valence-electron chi connectivity index (χ4n) is 13.9. The molecule has 0 spiro atoms. The highest BCUT2D eigenvalue weighted by Crippen LogP contribution is 2.39. The summed E-state index contributed by atoms with van der Waals surface area (Å²) in [7, 11) is 0. The van der Waals surface area contributed by atoms with Crippen molar-refractivity contribution in [1.82, 2.24) is 29.9 Å². The van der Waals surface area contributed by atoms with Gasteiger partial charge in [0.1, 0.15) is 0 Å². The van der Waals surface area contributed by atoms with E-state index in [0.717, 1.165) is 153 Å². The fraction of sp³-hybridized carbons (Fsp3) is 0.325. The zero-order valence-corrected chi connectivity index (χ0v) is 57.4. The average Bonchev–Trinajstić information content (AvgIpc) is 1.69. The van der Waals surface area contributed by atoms with Gasteiger partial charge in [0.05, 0.1) is 68.4 Å². The summed E-state index contributed by atoms with van der Waals surface area (Å²) in [6.07, 6.45) is 19.8. The van der Waals surface area contributed by atoms with Gasteiger partial charge in [0.25, 0.3) is 0 Å². The molecule has 12 nitrogen and oxygen atoms in total. The summed E-state index contributed by atoms with van der Waals surface area (Å²) >= 11 is 0. The lowest BCUT2D eigenvalue weighted by atomic mass is 9.97. The first-order chi connectivity index (χ1) is 44.1. The fourth-order valence-corrected chi connectivity index (χ4v) is 13.9. The van der Waals surface area contributed by atoms with E-state index in [1.165, 1.54) is 112 Å². The van der Waals surface area contributed by atoms with Crippen LogP contribution in [0.2, 0.25) is 0 Å². The van der Waals surface area contributed by atoms with Crippen LogP contribution in [0.3, 0.4) is 0 Å². The lowest BCUT2D eigenvalue weighted by molar-refractivity contribution is 0.994. The molecule has 0 saturated heterocycles. The first-order valence-corrected chi connectivity index (χ1v) is 33.1. The zero-order valence-electron chi connectivity index (χ0n) is 57.4. The molecule has 0 bridgehead atoms. The van der Waals surface area contributed by atoms with E-state index in [1.807, 2.05) is 0 Å². The van der Waals surface area contributed by atoms with Crippen molar-refractivity contribution in [2.24, 2.45) is 30.0 Å². The number of rotatable bonds is 19. The third kappa shape index (κ3) is 12.0.